The molecule has 0 heteroatoms. The number of hydrogen-bond donors (Lipinski definition) is 0. The fourth-order valence-corrected chi connectivity index (χ4v) is 2.22. The number of rotatable bonds is 1. The van der Waals surface area contributed by atoms with Crippen LogP contribution in [-0.2, 0) is 0 Å². The molecule has 0 aromatic rings. The first-order valence-electron chi connectivity index (χ1n) is 4.32. The molecule has 1 saturated carbocycles. The average Bonchev–Trinajstić information content (AvgIpc) is 1.86. The van der Waals surface area contributed by atoms with Gasteiger partial charge in [0.25, 0.3) is 0 Å². The Morgan fingerprint density at radius 1 is 1.50 bits per heavy atom. The van der Waals surface area contributed by atoms with Gasteiger partial charge in [-0.3, -0.25) is 0 Å². The zero-order chi connectivity index (χ0) is 7.94. The van der Waals surface area contributed by atoms with Crippen molar-refractivity contribution in [1.82, 2.24) is 0 Å². The van der Waals surface area contributed by atoms with Crippen LogP contribution in [0.2, 0.25) is 0 Å². The van der Waals surface area contributed by atoms with Gasteiger partial charge in [0.2, 0.25) is 0 Å². The van der Waals surface area contributed by atoms with Crippen molar-refractivity contribution in [3.05, 3.63) is 6.92 Å². The highest BCUT2D eigenvalue weighted by atomic mass is 14.5. The lowest BCUT2D eigenvalue weighted by molar-refractivity contribution is -0.0414. The predicted octanol–water partition coefficient (Wildman–Crippen LogP) is 3.14. The van der Waals surface area contributed by atoms with Gasteiger partial charge in [0.15, 0.2) is 0 Å². The summed E-state index contributed by atoms with van der Waals surface area (Å²) in [5.74, 6) is 2.37. The lowest BCUT2D eigenvalue weighted by Crippen LogP contribution is -2.47. The van der Waals surface area contributed by atoms with Crippen LogP contribution < -0.4 is 0 Å². The van der Waals surface area contributed by atoms with Crippen LogP contribution in [0.4, 0.5) is 0 Å². The molecule has 1 fully saturated rings. The fourth-order valence-electron chi connectivity index (χ4n) is 2.22. The Balaban J connectivity index is 2.66. The highest BCUT2D eigenvalue weighted by Crippen LogP contribution is 2.55. The van der Waals surface area contributed by atoms with Gasteiger partial charge in [0.1, 0.15) is 0 Å². The molecule has 1 aliphatic rings. The van der Waals surface area contributed by atoms with E-state index in [1.807, 2.05) is 0 Å². The van der Waals surface area contributed by atoms with Crippen molar-refractivity contribution in [2.45, 2.75) is 34.1 Å². The van der Waals surface area contributed by atoms with Gasteiger partial charge in [-0.2, -0.15) is 5.92 Å². The average molecular weight is 139 g/mol. The van der Waals surface area contributed by atoms with E-state index in [1.165, 1.54) is 6.42 Å². The largest absolute Gasteiger partial charge is 0.340 e. The summed E-state index contributed by atoms with van der Waals surface area (Å²) in [6, 6.07) is 0. The summed E-state index contributed by atoms with van der Waals surface area (Å²) in [5, 5.41) is 0. The number of hydrogen-bond acceptors (Lipinski definition) is 0. The van der Waals surface area contributed by atoms with Crippen molar-refractivity contribution < 1.29 is 0 Å². The molecule has 0 nitrogen and oxygen atoms in total. The summed E-state index contributed by atoms with van der Waals surface area (Å²) in [5.41, 5.74) is 0.528. The molecule has 0 N–H and O–H groups in total. The minimum atomic E-state index is 0.528. The summed E-state index contributed by atoms with van der Waals surface area (Å²) in [7, 11) is 0. The van der Waals surface area contributed by atoms with Crippen LogP contribution in [0.1, 0.15) is 34.1 Å². The van der Waals surface area contributed by atoms with Gasteiger partial charge in [0.05, 0.1) is 0 Å². The Hall–Kier alpha value is 0. The van der Waals surface area contributed by atoms with Gasteiger partial charge in [-0.05, 0) is 11.8 Å². The molecule has 1 rings (SSSR count). The standard InChI is InChI=1S/C10H19/c1-7(2)10(5)8(3)6-9(10)4/h7-9H,3,6H2,1-2,4-5H3/q-1. The van der Waals surface area contributed by atoms with Crippen molar-refractivity contribution >= 4 is 0 Å². The molecule has 0 saturated heterocycles. The van der Waals surface area contributed by atoms with Crippen LogP contribution in [0.25, 0.3) is 0 Å². The van der Waals surface area contributed by atoms with Crippen LogP contribution in [-0.4, -0.2) is 0 Å². The third-order valence-corrected chi connectivity index (χ3v) is 3.82. The molecule has 1 aliphatic carbocycles. The molecule has 0 bridgehead atoms. The monoisotopic (exact) mass is 139 g/mol. The van der Waals surface area contributed by atoms with Crippen molar-refractivity contribution in [2.75, 3.05) is 0 Å². The Morgan fingerprint density at radius 3 is 2.10 bits per heavy atom. The molecule has 10 heavy (non-hydrogen) atoms. The van der Waals surface area contributed by atoms with Crippen molar-refractivity contribution in [2.24, 2.45) is 23.2 Å². The predicted molar refractivity (Wildman–Crippen MR) is 45.6 cm³/mol. The van der Waals surface area contributed by atoms with E-state index >= 15 is 0 Å². The van der Waals surface area contributed by atoms with Gasteiger partial charge >= 0.3 is 0 Å². The summed E-state index contributed by atoms with van der Waals surface area (Å²) in [4.78, 5) is 0. The molecule has 0 radical (unpaired) electrons. The van der Waals surface area contributed by atoms with Crippen LogP contribution >= 0.6 is 0 Å². The molecular weight excluding hydrogens is 120 g/mol. The van der Waals surface area contributed by atoms with E-state index in [1.54, 1.807) is 0 Å². The Labute approximate surface area is 65.0 Å². The van der Waals surface area contributed by atoms with E-state index in [-0.39, 0.29) is 0 Å². The van der Waals surface area contributed by atoms with E-state index in [9.17, 15) is 0 Å². The van der Waals surface area contributed by atoms with Crippen LogP contribution in [0.15, 0.2) is 0 Å². The molecular formula is C10H19-. The van der Waals surface area contributed by atoms with E-state index in [0.717, 1.165) is 11.8 Å². The third-order valence-electron chi connectivity index (χ3n) is 3.82. The SMILES string of the molecule is [CH2-]C1CC(C)C1(C)C(C)C. The van der Waals surface area contributed by atoms with E-state index in [0.29, 0.717) is 11.3 Å². The van der Waals surface area contributed by atoms with Gasteiger partial charge in [-0.15, -0.1) is 0 Å². The minimum absolute atomic E-state index is 0.528. The molecule has 0 heterocycles. The summed E-state index contributed by atoms with van der Waals surface area (Å²) in [6.45, 7) is 13.5. The maximum absolute atomic E-state index is 4.17. The highest BCUT2D eigenvalue weighted by Gasteiger charge is 2.43. The van der Waals surface area contributed by atoms with Crippen molar-refractivity contribution in [1.29, 1.82) is 0 Å². The molecule has 0 aromatic heterocycles. The smallest absolute Gasteiger partial charge is 0.0430 e. The normalized spacial score (nSPS) is 47.4. The molecule has 60 valence electrons. The first-order valence-corrected chi connectivity index (χ1v) is 4.32. The Morgan fingerprint density at radius 2 is 2.00 bits per heavy atom. The maximum Gasteiger partial charge on any atom is -0.0430 e. The highest BCUT2D eigenvalue weighted by molar-refractivity contribution is 4.99. The second-order valence-electron chi connectivity index (χ2n) is 4.35. The first-order chi connectivity index (χ1) is 4.49. The summed E-state index contributed by atoms with van der Waals surface area (Å²) in [6.07, 6.45) is 1.33. The topological polar surface area (TPSA) is 0 Å². The van der Waals surface area contributed by atoms with Crippen LogP contribution in [0, 0.1) is 30.1 Å². The zero-order valence-electron chi connectivity index (χ0n) is 7.65. The molecule has 0 amide bonds. The van der Waals surface area contributed by atoms with Gasteiger partial charge in [-0.25, -0.2) is 0 Å². The Bertz CT molecular complexity index is 106. The van der Waals surface area contributed by atoms with Gasteiger partial charge < -0.3 is 6.92 Å². The quantitative estimate of drug-likeness (QED) is 0.490. The molecule has 0 aliphatic heterocycles. The third kappa shape index (κ3) is 0.810. The minimum Gasteiger partial charge on any atom is -0.340 e. The molecule has 3 unspecified atom stereocenters. The lowest BCUT2D eigenvalue weighted by atomic mass is 9.50. The van der Waals surface area contributed by atoms with E-state index in [4.69, 9.17) is 0 Å². The molecule has 3 atom stereocenters. The summed E-state index contributed by atoms with van der Waals surface area (Å²) >= 11 is 0. The molecule has 0 spiro atoms. The van der Waals surface area contributed by atoms with Crippen LogP contribution in [0.5, 0.6) is 0 Å². The second kappa shape index (κ2) is 2.25. The lowest BCUT2D eigenvalue weighted by Gasteiger charge is -2.59. The van der Waals surface area contributed by atoms with Gasteiger partial charge in [-0.1, -0.05) is 39.5 Å². The van der Waals surface area contributed by atoms with E-state index < -0.39 is 0 Å². The van der Waals surface area contributed by atoms with Crippen molar-refractivity contribution in [3.8, 4) is 0 Å². The molecule has 0 aromatic carbocycles. The summed E-state index contributed by atoms with van der Waals surface area (Å²) < 4.78 is 0. The Kier molecular flexibility index (Phi) is 1.82. The maximum atomic E-state index is 4.17. The fraction of sp³-hybridized carbons (Fsp3) is 0.900. The van der Waals surface area contributed by atoms with Gasteiger partial charge in [0, 0.05) is 0 Å². The van der Waals surface area contributed by atoms with Crippen LogP contribution in [0.3, 0.4) is 0 Å². The second-order valence-corrected chi connectivity index (χ2v) is 4.35. The van der Waals surface area contributed by atoms with E-state index in [2.05, 4.69) is 34.6 Å². The van der Waals surface area contributed by atoms with Crippen molar-refractivity contribution in [3.63, 3.8) is 0 Å². The zero-order valence-corrected chi connectivity index (χ0v) is 7.65. The first kappa shape index (κ1) is 8.10.